The van der Waals surface area contributed by atoms with Crippen molar-refractivity contribution in [3.05, 3.63) is 48.2 Å². The highest BCUT2D eigenvalue weighted by Crippen LogP contribution is 2.37. The van der Waals surface area contributed by atoms with Crippen LogP contribution in [0.1, 0.15) is 43.7 Å². The summed E-state index contributed by atoms with van der Waals surface area (Å²) < 4.78 is 47.0. The van der Waals surface area contributed by atoms with Crippen molar-refractivity contribution in [2.24, 2.45) is 0 Å². The average molecular weight is 450 g/mol. The Morgan fingerprint density at radius 2 is 1.90 bits per heavy atom. The lowest BCUT2D eigenvalue weighted by atomic mass is 9.95. The van der Waals surface area contributed by atoms with Crippen molar-refractivity contribution in [1.29, 1.82) is 0 Å². The molecule has 1 aliphatic carbocycles. The van der Waals surface area contributed by atoms with E-state index in [1.54, 1.807) is 18.4 Å². The van der Waals surface area contributed by atoms with Gasteiger partial charge in [0.05, 0.1) is 23.3 Å². The summed E-state index contributed by atoms with van der Waals surface area (Å²) in [5.41, 5.74) is -1.13. The number of nitrogens with one attached hydrogen (secondary N) is 1. The molecule has 31 heavy (non-hydrogen) atoms. The molecule has 1 N–H and O–H groups in total. The number of alkyl halides is 3. The number of para-hydroxylation sites is 1. The fraction of sp³-hybridized carbons (Fsp3) is 0.381. The molecule has 1 fully saturated rings. The van der Waals surface area contributed by atoms with Crippen LogP contribution in [0, 0.1) is 0 Å². The number of benzene rings is 1. The molecule has 0 saturated heterocycles. The maximum atomic E-state index is 13.2. The van der Waals surface area contributed by atoms with Crippen molar-refractivity contribution < 1.29 is 22.4 Å². The molecule has 1 aliphatic rings. The van der Waals surface area contributed by atoms with Crippen molar-refractivity contribution in [2.75, 3.05) is 11.1 Å². The van der Waals surface area contributed by atoms with Gasteiger partial charge in [-0.2, -0.15) is 13.2 Å². The molecule has 2 aromatic heterocycles. The fourth-order valence-electron chi connectivity index (χ4n) is 3.77. The molecule has 2 heterocycles. The number of aromatic nitrogens is 3. The third kappa shape index (κ3) is 4.95. The lowest BCUT2D eigenvalue weighted by Gasteiger charge is -2.25. The highest BCUT2D eigenvalue weighted by Gasteiger charge is 2.33. The van der Waals surface area contributed by atoms with Gasteiger partial charge in [0.15, 0.2) is 10.9 Å². The Balaban J connectivity index is 1.51. The van der Waals surface area contributed by atoms with Gasteiger partial charge in [-0.1, -0.05) is 43.2 Å². The normalized spacial score (nSPS) is 15.2. The Bertz CT molecular complexity index is 1030. The summed E-state index contributed by atoms with van der Waals surface area (Å²) in [4.78, 5) is 12.4. The molecule has 1 saturated carbocycles. The van der Waals surface area contributed by atoms with Crippen LogP contribution in [0.25, 0.3) is 11.6 Å². The van der Waals surface area contributed by atoms with E-state index in [0.717, 1.165) is 43.5 Å². The van der Waals surface area contributed by atoms with Crippen LogP contribution < -0.4 is 5.32 Å². The molecule has 0 aliphatic heterocycles. The van der Waals surface area contributed by atoms with Crippen LogP contribution in [0.15, 0.2) is 52.2 Å². The van der Waals surface area contributed by atoms with Gasteiger partial charge < -0.3 is 9.73 Å². The highest BCUT2D eigenvalue weighted by atomic mass is 32.2. The lowest BCUT2D eigenvalue weighted by Crippen LogP contribution is -2.19. The van der Waals surface area contributed by atoms with Crippen LogP contribution in [0.5, 0.6) is 0 Å². The zero-order chi connectivity index (χ0) is 21.8. The van der Waals surface area contributed by atoms with Gasteiger partial charge in [-0.3, -0.25) is 9.36 Å². The number of thioether (sulfide) groups is 1. The van der Waals surface area contributed by atoms with Gasteiger partial charge >= 0.3 is 6.18 Å². The first-order valence-electron chi connectivity index (χ1n) is 10.0. The molecule has 1 amide bonds. The first-order valence-corrected chi connectivity index (χ1v) is 11.0. The molecule has 10 heteroatoms. The molecule has 0 unspecified atom stereocenters. The minimum Gasteiger partial charge on any atom is -0.461 e. The van der Waals surface area contributed by atoms with E-state index in [9.17, 15) is 18.0 Å². The van der Waals surface area contributed by atoms with E-state index in [2.05, 4.69) is 15.5 Å². The standard InChI is InChI=1S/C21H21F3N4O2S/c22-21(23,24)15-9-4-5-10-16(15)25-18(29)13-31-20-27-26-19(17-11-6-12-30-17)28(20)14-7-2-1-3-8-14/h4-6,9-12,14H,1-3,7-8,13H2,(H,25,29). The molecule has 164 valence electrons. The molecule has 0 atom stereocenters. The van der Waals surface area contributed by atoms with Gasteiger partial charge in [0, 0.05) is 6.04 Å². The molecular weight excluding hydrogens is 429 g/mol. The van der Waals surface area contributed by atoms with Gasteiger partial charge in [-0.15, -0.1) is 10.2 Å². The van der Waals surface area contributed by atoms with E-state index in [0.29, 0.717) is 16.7 Å². The van der Waals surface area contributed by atoms with Gasteiger partial charge in [0.1, 0.15) is 0 Å². The smallest absolute Gasteiger partial charge is 0.418 e. The maximum absolute atomic E-state index is 13.2. The monoisotopic (exact) mass is 450 g/mol. The first kappa shape index (κ1) is 21.5. The van der Waals surface area contributed by atoms with Crippen LogP contribution >= 0.6 is 11.8 Å². The van der Waals surface area contributed by atoms with Crippen molar-refractivity contribution in [3.63, 3.8) is 0 Å². The van der Waals surface area contributed by atoms with Gasteiger partial charge in [-0.05, 0) is 37.1 Å². The number of anilines is 1. The van der Waals surface area contributed by atoms with Gasteiger partial charge in [0.25, 0.3) is 0 Å². The topological polar surface area (TPSA) is 73.0 Å². The maximum Gasteiger partial charge on any atom is 0.418 e. The number of carbonyl (C=O) groups excluding carboxylic acids is 1. The molecule has 4 rings (SSSR count). The SMILES string of the molecule is O=C(CSc1nnc(-c2ccco2)n1C1CCCCC1)Nc1ccccc1C(F)(F)F. The number of furan rings is 1. The van der Waals surface area contributed by atoms with Crippen molar-refractivity contribution in [1.82, 2.24) is 14.8 Å². The molecule has 6 nitrogen and oxygen atoms in total. The highest BCUT2D eigenvalue weighted by molar-refractivity contribution is 7.99. The van der Waals surface area contributed by atoms with Crippen LogP contribution in [0.2, 0.25) is 0 Å². The van der Waals surface area contributed by atoms with Crippen LogP contribution in [-0.4, -0.2) is 26.4 Å². The van der Waals surface area contributed by atoms with Crippen molar-refractivity contribution >= 4 is 23.4 Å². The second kappa shape index (κ2) is 9.17. The Morgan fingerprint density at radius 3 is 2.61 bits per heavy atom. The minimum absolute atomic E-state index is 0.0881. The number of amides is 1. The Labute approximate surface area is 181 Å². The largest absolute Gasteiger partial charge is 0.461 e. The lowest BCUT2D eigenvalue weighted by molar-refractivity contribution is -0.137. The number of rotatable bonds is 6. The third-order valence-corrected chi connectivity index (χ3v) is 6.13. The predicted molar refractivity (Wildman–Crippen MR) is 111 cm³/mol. The minimum atomic E-state index is -4.55. The molecule has 0 spiro atoms. The number of nitrogens with zero attached hydrogens (tertiary/aromatic N) is 3. The average Bonchev–Trinajstić information content (AvgIpc) is 3.42. The van der Waals surface area contributed by atoms with Crippen LogP contribution in [-0.2, 0) is 11.0 Å². The summed E-state index contributed by atoms with van der Waals surface area (Å²) >= 11 is 1.15. The summed E-state index contributed by atoms with van der Waals surface area (Å²) in [5, 5.41) is 11.4. The zero-order valence-electron chi connectivity index (χ0n) is 16.6. The number of halogens is 3. The van der Waals surface area contributed by atoms with E-state index in [-0.39, 0.29) is 17.5 Å². The van der Waals surface area contributed by atoms with Crippen LogP contribution in [0.3, 0.4) is 0 Å². The number of hydrogen-bond acceptors (Lipinski definition) is 5. The second-order valence-corrected chi connectivity index (χ2v) is 8.27. The molecule has 3 aromatic rings. The molecule has 1 aromatic carbocycles. The van der Waals surface area contributed by atoms with Crippen molar-refractivity contribution in [2.45, 2.75) is 49.5 Å². The molecule has 0 bridgehead atoms. The summed E-state index contributed by atoms with van der Waals surface area (Å²) in [6.07, 6.45) is 2.34. The molecular formula is C21H21F3N4O2S. The Kier molecular flexibility index (Phi) is 6.35. The summed E-state index contributed by atoms with van der Waals surface area (Å²) in [5.74, 6) is 0.560. The molecule has 0 radical (unpaired) electrons. The fourth-order valence-corrected chi connectivity index (χ4v) is 4.58. The third-order valence-electron chi connectivity index (χ3n) is 5.18. The van der Waals surface area contributed by atoms with Gasteiger partial charge in [-0.25, -0.2) is 0 Å². The zero-order valence-corrected chi connectivity index (χ0v) is 17.4. The van der Waals surface area contributed by atoms with Gasteiger partial charge in [0.2, 0.25) is 11.7 Å². The summed E-state index contributed by atoms with van der Waals surface area (Å²) in [7, 11) is 0. The van der Waals surface area contributed by atoms with E-state index in [1.807, 2.05) is 4.57 Å². The number of carbonyl (C=O) groups is 1. The quantitative estimate of drug-likeness (QED) is 0.481. The second-order valence-electron chi connectivity index (χ2n) is 7.33. The Morgan fingerprint density at radius 1 is 1.13 bits per heavy atom. The van der Waals surface area contributed by atoms with E-state index in [1.165, 1.54) is 24.6 Å². The van der Waals surface area contributed by atoms with E-state index >= 15 is 0 Å². The van der Waals surface area contributed by atoms with E-state index < -0.39 is 17.6 Å². The summed E-state index contributed by atoms with van der Waals surface area (Å²) in [6, 6.07) is 8.69. The Hall–Kier alpha value is -2.75. The summed E-state index contributed by atoms with van der Waals surface area (Å²) in [6.45, 7) is 0. The first-order chi connectivity index (χ1) is 14.9. The predicted octanol–water partition coefficient (Wildman–Crippen LogP) is 5.79. The van der Waals surface area contributed by atoms with Crippen LogP contribution in [0.4, 0.5) is 18.9 Å². The number of hydrogen-bond donors (Lipinski definition) is 1. The van der Waals surface area contributed by atoms with Crippen molar-refractivity contribution in [3.8, 4) is 11.6 Å². The van der Waals surface area contributed by atoms with E-state index in [4.69, 9.17) is 4.42 Å².